The fourth-order valence-corrected chi connectivity index (χ4v) is 3.56. The highest BCUT2D eigenvalue weighted by atomic mass is 16.5. The van der Waals surface area contributed by atoms with Crippen LogP contribution in [0.5, 0.6) is 5.75 Å². The van der Waals surface area contributed by atoms with Gasteiger partial charge in [-0.05, 0) is 45.3 Å². The largest absolute Gasteiger partial charge is 0.487 e. The smallest absolute Gasteiger partial charge is 0.271 e. The SMILES string of the molecule is CN=CC=C(N)C(=O)Nc1cc2c(cc1N1CCCCC1)OC(C)(C)C2. The number of hydrogen-bond donors (Lipinski definition) is 2. The van der Waals surface area contributed by atoms with E-state index in [0.717, 1.165) is 55.0 Å². The van der Waals surface area contributed by atoms with Crippen molar-refractivity contribution in [3.05, 3.63) is 29.5 Å². The van der Waals surface area contributed by atoms with Crippen LogP contribution in [0.4, 0.5) is 11.4 Å². The summed E-state index contributed by atoms with van der Waals surface area (Å²) in [4.78, 5) is 18.6. The summed E-state index contributed by atoms with van der Waals surface area (Å²) in [5, 5.41) is 2.98. The number of carbonyl (C=O) groups excluding carboxylic acids is 1. The molecule has 1 aromatic carbocycles. The second-order valence-electron chi connectivity index (χ2n) is 7.55. The molecule has 0 saturated carbocycles. The van der Waals surface area contributed by atoms with E-state index in [1.165, 1.54) is 18.7 Å². The lowest BCUT2D eigenvalue weighted by Crippen LogP contribution is -2.31. The number of amides is 1. The summed E-state index contributed by atoms with van der Waals surface area (Å²) in [7, 11) is 1.64. The molecule has 0 aliphatic carbocycles. The van der Waals surface area contributed by atoms with Crippen LogP contribution in [0.15, 0.2) is 28.9 Å². The van der Waals surface area contributed by atoms with E-state index in [1.807, 2.05) is 6.07 Å². The molecule has 0 spiro atoms. The van der Waals surface area contributed by atoms with Crippen LogP contribution in [0.3, 0.4) is 0 Å². The van der Waals surface area contributed by atoms with Crippen LogP contribution in [-0.2, 0) is 11.2 Å². The molecule has 2 aliphatic heterocycles. The Balaban J connectivity index is 1.93. The van der Waals surface area contributed by atoms with Crippen molar-refractivity contribution in [3.63, 3.8) is 0 Å². The number of rotatable bonds is 4. The Labute approximate surface area is 155 Å². The zero-order chi connectivity index (χ0) is 18.7. The first-order valence-electron chi connectivity index (χ1n) is 9.20. The van der Waals surface area contributed by atoms with E-state index in [2.05, 4.69) is 35.1 Å². The highest BCUT2D eigenvalue weighted by Gasteiger charge is 2.32. The van der Waals surface area contributed by atoms with Crippen LogP contribution < -0.4 is 20.7 Å². The van der Waals surface area contributed by atoms with Gasteiger partial charge in [-0.25, -0.2) is 0 Å². The molecule has 2 aliphatic rings. The predicted molar refractivity (Wildman–Crippen MR) is 106 cm³/mol. The lowest BCUT2D eigenvalue weighted by Gasteiger charge is -2.31. The van der Waals surface area contributed by atoms with Gasteiger partial charge in [0.25, 0.3) is 5.91 Å². The maximum absolute atomic E-state index is 12.5. The van der Waals surface area contributed by atoms with Crippen LogP contribution in [0.2, 0.25) is 0 Å². The Morgan fingerprint density at radius 3 is 2.73 bits per heavy atom. The first kappa shape index (κ1) is 18.3. The third-order valence-corrected chi connectivity index (χ3v) is 4.79. The summed E-state index contributed by atoms with van der Waals surface area (Å²) in [6.07, 6.45) is 7.41. The molecule has 3 N–H and O–H groups in total. The molecule has 6 heteroatoms. The van der Waals surface area contributed by atoms with Gasteiger partial charge >= 0.3 is 0 Å². The van der Waals surface area contributed by atoms with Crippen molar-refractivity contribution in [1.29, 1.82) is 0 Å². The number of nitrogens with one attached hydrogen (secondary N) is 1. The monoisotopic (exact) mass is 356 g/mol. The van der Waals surface area contributed by atoms with E-state index in [0.29, 0.717) is 0 Å². The molecule has 1 fully saturated rings. The van der Waals surface area contributed by atoms with Gasteiger partial charge in [-0.3, -0.25) is 9.79 Å². The number of anilines is 2. The van der Waals surface area contributed by atoms with Crippen LogP contribution in [0, 0.1) is 0 Å². The van der Waals surface area contributed by atoms with E-state index in [9.17, 15) is 4.79 Å². The lowest BCUT2D eigenvalue weighted by molar-refractivity contribution is -0.112. The van der Waals surface area contributed by atoms with Crippen LogP contribution in [-0.4, -0.2) is 37.9 Å². The first-order chi connectivity index (χ1) is 12.4. The van der Waals surface area contributed by atoms with Crippen molar-refractivity contribution < 1.29 is 9.53 Å². The van der Waals surface area contributed by atoms with E-state index in [4.69, 9.17) is 10.5 Å². The normalized spacial score (nSPS) is 19.3. The van der Waals surface area contributed by atoms with Gasteiger partial charge in [0.15, 0.2) is 0 Å². The Hall–Kier alpha value is -2.50. The van der Waals surface area contributed by atoms with Crippen LogP contribution in [0.25, 0.3) is 0 Å². The van der Waals surface area contributed by atoms with E-state index in [-0.39, 0.29) is 17.2 Å². The zero-order valence-corrected chi connectivity index (χ0v) is 15.8. The minimum atomic E-state index is -0.318. The molecule has 0 aromatic heterocycles. The second kappa shape index (κ2) is 7.40. The standard InChI is InChI=1S/C20H28N4O2/c1-20(2)13-14-11-16(23-19(25)15(21)7-8-22-3)17(12-18(14)26-20)24-9-5-4-6-10-24/h7-8,11-12H,4-6,9-10,13,21H2,1-3H3,(H,23,25). The van der Waals surface area contributed by atoms with E-state index in [1.54, 1.807) is 7.05 Å². The van der Waals surface area contributed by atoms with Gasteiger partial charge in [0.1, 0.15) is 11.4 Å². The van der Waals surface area contributed by atoms with Crippen molar-refractivity contribution in [2.24, 2.45) is 10.7 Å². The molecular formula is C20H28N4O2. The molecule has 6 nitrogen and oxygen atoms in total. The molecule has 1 amide bonds. The quantitative estimate of drug-likeness (QED) is 0.642. The fraction of sp³-hybridized carbons (Fsp3) is 0.500. The van der Waals surface area contributed by atoms with Crippen molar-refractivity contribution in [3.8, 4) is 5.75 Å². The number of aliphatic imine (C=N–C) groups is 1. The van der Waals surface area contributed by atoms with Crippen LogP contribution >= 0.6 is 0 Å². The zero-order valence-electron chi connectivity index (χ0n) is 15.8. The number of allylic oxidation sites excluding steroid dienone is 1. The Morgan fingerprint density at radius 2 is 2.04 bits per heavy atom. The van der Waals surface area contributed by atoms with Gasteiger partial charge < -0.3 is 20.7 Å². The number of nitrogens with two attached hydrogens (primary N) is 1. The van der Waals surface area contributed by atoms with Crippen LogP contribution in [0.1, 0.15) is 38.7 Å². The predicted octanol–water partition coefficient (Wildman–Crippen LogP) is 2.87. The first-order valence-corrected chi connectivity index (χ1v) is 9.20. The maximum atomic E-state index is 12.5. The third-order valence-electron chi connectivity index (χ3n) is 4.79. The minimum Gasteiger partial charge on any atom is -0.487 e. The number of fused-ring (bicyclic) bond motifs is 1. The van der Waals surface area contributed by atoms with Gasteiger partial charge in [-0.2, -0.15) is 0 Å². The molecule has 1 aromatic rings. The molecule has 2 heterocycles. The molecule has 0 atom stereocenters. The summed E-state index contributed by atoms with van der Waals surface area (Å²) >= 11 is 0. The molecule has 0 radical (unpaired) electrons. The molecule has 1 saturated heterocycles. The van der Waals surface area contributed by atoms with Crippen molar-refractivity contribution in [2.45, 2.75) is 45.1 Å². The Morgan fingerprint density at radius 1 is 1.31 bits per heavy atom. The molecular weight excluding hydrogens is 328 g/mol. The maximum Gasteiger partial charge on any atom is 0.271 e. The second-order valence-corrected chi connectivity index (χ2v) is 7.55. The summed E-state index contributed by atoms with van der Waals surface area (Å²) in [6.45, 7) is 6.13. The number of ether oxygens (including phenoxy) is 1. The summed E-state index contributed by atoms with van der Waals surface area (Å²) in [5.41, 5.74) is 8.68. The highest BCUT2D eigenvalue weighted by molar-refractivity contribution is 6.07. The average molecular weight is 356 g/mol. The number of nitrogens with zero attached hydrogens (tertiary/aromatic N) is 2. The molecule has 0 bridgehead atoms. The number of hydrogen-bond acceptors (Lipinski definition) is 5. The number of carbonyl (C=O) groups is 1. The fourth-order valence-electron chi connectivity index (χ4n) is 3.56. The summed E-state index contributed by atoms with van der Waals surface area (Å²) in [5.74, 6) is 0.594. The van der Waals surface area contributed by atoms with Gasteiger partial charge in [-0.15, -0.1) is 0 Å². The Kier molecular flexibility index (Phi) is 5.20. The van der Waals surface area contributed by atoms with Gasteiger partial charge in [0.05, 0.1) is 17.1 Å². The van der Waals surface area contributed by atoms with E-state index >= 15 is 0 Å². The van der Waals surface area contributed by atoms with Crippen molar-refractivity contribution in [1.82, 2.24) is 0 Å². The van der Waals surface area contributed by atoms with E-state index < -0.39 is 0 Å². The highest BCUT2D eigenvalue weighted by Crippen LogP contribution is 2.42. The van der Waals surface area contributed by atoms with Gasteiger partial charge in [0, 0.05) is 44.4 Å². The molecule has 3 rings (SSSR count). The molecule has 0 unspecified atom stereocenters. The average Bonchev–Trinajstić information content (AvgIpc) is 2.92. The Bertz CT molecular complexity index is 746. The molecule has 26 heavy (non-hydrogen) atoms. The number of benzene rings is 1. The molecule has 140 valence electrons. The van der Waals surface area contributed by atoms with Crippen molar-refractivity contribution >= 4 is 23.5 Å². The number of piperidine rings is 1. The van der Waals surface area contributed by atoms with Crippen molar-refractivity contribution in [2.75, 3.05) is 30.4 Å². The minimum absolute atomic E-state index is 0.136. The lowest BCUT2D eigenvalue weighted by atomic mass is 10.00. The third kappa shape index (κ3) is 4.00. The topological polar surface area (TPSA) is 79.9 Å². The van der Waals surface area contributed by atoms with Gasteiger partial charge in [0.2, 0.25) is 0 Å². The summed E-state index contributed by atoms with van der Waals surface area (Å²) in [6, 6.07) is 4.10. The van der Waals surface area contributed by atoms with Gasteiger partial charge in [-0.1, -0.05) is 0 Å². The summed E-state index contributed by atoms with van der Waals surface area (Å²) < 4.78 is 6.09.